The van der Waals surface area contributed by atoms with Crippen LogP contribution in [0.2, 0.25) is 0 Å². The number of imidazole rings is 1. The molecule has 148 valence electrons. The number of nitriles is 1. The molecule has 0 bridgehead atoms. The molecule has 2 aromatic rings. The Morgan fingerprint density at radius 3 is 2.64 bits per heavy atom. The summed E-state index contributed by atoms with van der Waals surface area (Å²) >= 11 is 0. The number of hydrogen-bond acceptors (Lipinski definition) is 4. The Morgan fingerprint density at radius 1 is 1.36 bits per heavy atom. The highest BCUT2D eigenvalue weighted by molar-refractivity contribution is 5.60. The van der Waals surface area contributed by atoms with Crippen molar-refractivity contribution in [3.05, 3.63) is 54.1 Å². The van der Waals surface area contributed by atoms with Gasteiger partial charge >= 0.3 is 6.18 Å². The molecule has 5 nitrogen and oxygen atoms in total. The van der Waals surface area contributed by atoms with Crippen LogP contribution in [0.25, 0.3) is 5.70 Å². The monoisotopic (exact) mass is 390 g/mol. The number of nitrogens with zero attached hydrogens (tertiary/aromatic N) is 4. The number of alkyl halides is 3. The van der Waals surface area contributed by atoms with E-state index < -0.39 is 28.8 Å². The molecule has 0 fully saturated rings. The number of aliphatic hydroxyl groups is 1. The van der Waals surface area contributed by atoms with E-state index in [0.29, 0.717) is 17.8 Å². The maximum absolute atomic E-state index is 13.3. The zero-order valence-electron chi connectivity index (χ0n) is 15.8. The maximum atomic E-state index is 13.3. The molecule has 0 aliphatic heterocycles. The summed E-state index contributed by atoms with van der Waals surface area (Å²) in [6.07, 6.45) is 1.87. The minimum atomic E-state index is -4.61. The molecule has 1 heterocycles. The van der Waals surface area contributed by atoms with Gasteiger partial charge in [0.05, 0.1) is 41.4 Å². The lowest BCUT2D eigenvalue weighted by Gasteiger charge is -2.45. The number of benzene rings is 1. The summed E-state index contributed by atoms with van der Waals surface area (Å²) in [5.74, 6) is 0. The second kappa shape index (κ2) is 6.99. The molecule has 28 heavy (non-hydrogen) atoms. The van der Waals surface area contributed by atoms with Crippen LogP contribution in [-0.2, 0) is 6.18 Å². The topological polar surface area (TPSA) is 65.1 Å². The summed E-state index contributed by atoms with van der Waals surface area (Å²) in [4.78, 5) is 5.74. The molecular weight excluding hydrogens is 369 g/mol. The van der Waals surface area contributed by atoms with Crippen molar-refractivity contribution in [3.8, 4) is 6.07 Å². The SMILES string of the molecule is CN(c1ccc(C#N)c(C(F)(F)F)c1)[C@@H]1C=C(n2ccnc2)[C@@H](O)CC1(C)C. The van der Waals surface area contributed by atoms with E-state index in [1.54, 1.807) is 41.3 Å². The predicted molar refractivity (Wildman–Crippen MR) is 99.3 cm³/mol. The van der Waals surface area contributed by atoms with Crippen molar-refractivity contribution < 1.29 is 18.3 Å². The standard InChI is InChI=1S/C20H21F3N4O/c1-19(2)10-17(28)16(27-7-6-25-12-27)9-18(19)26(3)14-5-4-13(11-24)15(8-14)20(21,22)23/h4-9,12,17-18,28H,10H2,1-3H3/t17-,18+/m0/s1. The van der Waals surface area contributed by atoms with Crippen LogP contribution >= 0.6 is 0 Å². The lowest BCUT2D eigenvalue weighted by Crippen LogP contribution is -2.47. The van der Waals surface area contributed by atoms with Gasteiger partial charge < -0.3 is 14.6 Å². The Bertz CT molecular complexity index is 926. The minimum absolute atomic E-state index is 0.276. The largest absolute Gasteiger partial charge is 0.417 e. The average Bonchev–Trinajstić information content (AvgIpc) is 3.13. The summed E-state index contributed by atoms with van der Waals surface area (Å²) in [7, 11) is 1.72. The van der Waals surface area contributed by atoms with Gasteiger partial charge in [0.2, 0.25) is 0 Å². The van der Waals surface area contributed by atoms with Gasteiger partial charge in [-0.3, -0.25) is 0 Å². The van der Waals surface area contributed by atoms with Gasteiger partial charge in [-0.15, -0.1) is 0 Å². The predicted octanol–water partition coefficient (Wildman–Crippen LogP) is 3.91. The quantitative estimate of drug-likeness (QED) is 0.863. The molecule has 0 amide bonds. The normalized spacial score (nSPS) is 21.7. The van der Waals surface area contributed by atoms with Crippen LogP contribution in [0, 0.1) is 16.7 Å². The van der Waals surface area contributed by atoms with Gasteiger partial charge in [0, 0.05) is 25.1 Å². The molecule has 3 rings (SSSR count). The first-order valence-corrected chi connectivity index (χ1v) is 8.77. The Balaban J connectivity index is 2.05. The highest BCUT2D eigenvalue weighted by atomic mass is 19.4. The number of rotatable bonds is 3. The van der Waals surface area contributed by atoms with Gasteiger partial charge in [-0.1, -0.05) is 13.8 Å². The minimum Gasteiger partial charge on any atom is -0.387 e. The van der Waals surface area contributed by atoms with Crippen LogP contribution in [0.5, 0.6) is 0 Å². The fraction of sp³-hybridized carbons (Fsp3) is 0.400. The zero-order valence-corrected chi connectivity index (χ0v) is 15.8. The number of aliphatic hydroxyl groups excluding tert-OH is 1. The van der Waals surface area contributed by atoms with E-state index in [1.807, 2.05) is 19.9 Å². The molecule has 1 aliphatic carbocycles. The summed E-state index contributed by atoms with van der Waals surface area (Å²) < 4.78 is 41.8. The van der Waals surface area contributed by atoms with Crippen molar-refractivity contribution in [1.82, 2.24) is 9.55 Å². The summed E-state index contributed by atoms with van der Waals surface area (Å²) in [5, 5.41) is 19.5. The fourth-order valence-electron chi connectivity index (χ4n) is 3.77. The van der Waals surface area contributed by atoms with Crippen molar-refractivity contribution in [2.75, 3.05) is 11.9 Å². The molecule has 1 aromatic heterocycles. The smallest absolute Gasteiger partial charge is 0.387 e. The van der Waals surface area contributed by atoms with Crippen molar-refractivity contribution in [2.24, 2.45) is 5.41 Å². The van der Waals surface area contributed by atoms with Gasteiger partial charge in [-0.25, -0.2) is 4.98 Å². The van der Waals surface area contributed by atoms with Crippen molar-refractivity contribution in [3.63, 3.8) is 0 Å². The molecule has 0 saturated carbocycles. The molecule has 0 saturated heterocycles. The lowest BCUT2D eigenvalue weighted by molar-refractivity contribution is -0.137. The molecular formula is C20H21F3N4O. The maximum Gasteiger partial charge on any atom is 0.417 e. The Morgan fingerprint density at radius 2 is 2.07 bits per heavy atom. The van der Waals surface area contributed by atoms with E-state index in [2.05, 4.69) is 4.98 Å². The molecule has 1 aliphatic rings. The van der Waals surface area contributed by atoms with Crippen LogP contribution in [0.1, 0.15) is 31.4 Å². The van der Waals surface area contributed by atoms with E-state index in [4.69, 9.17) is 5.26 Å². The van der Waals surface area contributed by atoms with Gasteiger partial charge in [-0.05, 0) is 36.1 Å². The number of halogens is 3. The number of anilines is 1. The second-order valence-corrected chi connectivity index (χ2v) is 7.67. The van der Waals surface area contributed by atoms with E-state index in [1.165, 1.54) is 12.1 Å². The Kier molecular flexibility index (Phi) is 4.98. The van der Waals surface area contributed by atoms with Crippen LogP contribution in [0.15, 0.2) is 43.0 Å². The first-order chi connectivity index (χ1) is 13.0. The number of aromatic nitrogens is 2. The third kappa shape index (κ3) is 3.62. The average molecular weight is 390 g/mol. The van der Waals surface area contributed by atoms with Gasteiger partial charge in [0.15, 0.2) is 0 Å². The molecule has 0 unspecified atom stereocenters. The second-order valence-electron chi connectivity index (χ2n) is 7.67. The molecule has 0 spiro atoms. The van der Waals surface area contributed by atoms with Crippen LogP contribution in [0.3, 0.4) is 0 Å². The van der Waals surface area contributed by atoms with E-state index >= 15 is 0 Å². The van der Waals surface area contributed by atoms with Crippen LogP contribution in [0.4, 0.5) is 18.9 Å². The molecule has 8 heteroatoms. The van der Waals surface area contributed by atoms with E-state index in [0.717, 1.165) is 6.07 Å². The highest BCUT2D eigenvalue weighted by Crippen LogP contribution is 2.41. The molecule has 1 aromatic carbocycles. The summed E-state index contributed by atoms with van der Waals surface area (Å²) in [6.45, 7) is 3.93. The summed E-state index contributed by atoms with van der Waals surface area (Å²) in [5.41, 5.74) is -0.769. The first kappa shape index (κ1) is 20.0. The zero-order chi connectivity index (χ0) is 20.7. The fourth-order valence-corrected chi connectivity index (χ4v) is 3.77. The van der Waals surface area contributed by atoms with Crippen LogP contribution < -0.4 is 4.90 Å². The highest BCUT2D eigenvalue weighted by Gasteiger charge is 2.40. The lowest BCUT2D eigenvalue weighted by atomic mass is 9.73. The first-order valence-electron chi connectivity index (χ1n) is 8.77. The summed E-state index contributed by atoms with van der Waals surface area (Å²) in [6, 6.07) is 5.04. The van der Waals surface area contributed by atoms with Gasteiger partial charge in [-0.2, -0.15) is 18.4 Å². The van der Waals surface area contributed by atoms with Crippen molar-refractivity contribution in [2.45, 2.75) is 38.6 Å². The van der Waals surface area contributed by atoms with Gasteiger partial charge in [0.25, 0.3) is 0 Å². The third-order valence-corrected chi connectivity index (χ3v) is 5.25. The third-order valence-electron chi connectivity index (χ3n) is 5.25. The van der Waals surface area contributed by atoms with E-state index in [-0.39, 0.29) is 6.04 Å². The van der Waals surface area contributed by atoms with Crippen molar-refractivity contribution >= 4 is 11.4 Å². The van der Waals surface area contributed by atoms with E-state index in [9.17, 15) is 18.3 Å². The number of likely N-dealkylation sites (N-methyl/N-ethyl adjacent to an activating group) is 1. The van der Waals surface area contributed by atoms with Crippen LogP contribution in [-0.4, -0.2) is 33.9 Å². The molecule has 0 radical (unpaired) electrons. The van der Waals surface area contributed by atoms with Gasteiger partial charge in [0.1, 0.15) is 0 Å². The molecule has 2 atom stereocenters. The Labute approximate surface area is 161 Å². The van der Waals surface area contributed by atoms with Crippen molar-refractivity contribution in [1.29, 1.82) is 5.26 Å². The number of hydrogen-bond donors (Lipinski definition) is 1. The molecule has 1 N–H and O–H groups in total. The Hall–Kier alpha value is -2.79.